The van der Waals surface area contributed by atoms with Gasteiger partial charge >= 0.3 is 0 Å². The molecule has 1 unspecified atom stereocenters. The predicted molar refractivity (Wildman–Crippen MR) is 75.9 cm³/mol. The van der Waals surface area contributed by atoms with Crippen molar-refractivity contribution in [1.82, 2.24) is 4.90 Å². The number of nitrogens with one attached hydrogen (secondary N) is 1. The summed E-state index contributed by atoms with van der Waals surface area (Å²) >= 11 is 0. The fourth-order valence-corrected chi connectivity index (χ4v) is 2.65. The van der Waals surface area contributed by atoms with Gasteiger partial charge in [0.05, 0.1) is 6.61 Å². The lowest BCUT2D eigenvalue weighted by Crippen LogP contribution is -2.39. The van der Waals surface area contributed by atoms with E-state index in [0.29, 0.717) is 5.92 Å². The third-order valence-electron chi connectivity index (χ3n) is 3.61. The zero-order valence-corrected chi connectivity index (χ0v) is 11.6. The Labute approximate surface area is 114 Å². The predicted octanol–water partition coefficient (Wildman–Crippen LogP) is 2.60. The Morgan fingerprint density at radius 3 is 2.89 bits per heavy atom. The molecule has 0 amide bonds. The van der Waals surface area contributed by atoms with Gasteiger partial charge in [-0.15, -0.1) is 0 Å². The Balaban J connectivity index is 1.69. The van der Waals surface area contributed by atoms with Gasteiger partial charge in [-0.25, -0.2) is 4.39 Å². The molecule has 19 heavy (non-hydrogen) atoms. The summed E-state index contributed by atoms with van der Waals surface area (Å²) < 4.78 is 18.0. The molecule has 1 fully saturated rings. The van der Waals surface area contributed by atoms with E-state index >= 15 is 0 Å². The number of likely N-dealkylation sites (tertiary alicyclic amines) is 1. The van der Waals surface area contributed by atoms with Gasteiger partial charge in [-0.3, -0.25) is 0 Å². The molecule has 0 spiro atoms. The molecule has 106 valence electrons. The fraction of sp³-hybridized carbons (Fsp3) is 0.600. The highest BCUT2D eigenvalue weighted by Crippen LogP contribution is 2.16. The van der Waals surface area contributed by atoms with Crippen LogP contribution >= 0.6 is 0 Å². The zero-order valence-electron chi connectivity index (χ0n) is 11.6. The SMILES string of the molecule is COCC1CCCN(CCNc2ccc(F)cc2)C1. The van der Waals surface area contributed by atoms with Gasteiger partial charge in [0.1, 0.15) is 5.82 Å². The molecule has 1 saturated heterocycles. The summed E-state index contributed by atoms with van der Waals surface area (Å²) in [6.45, 7) is 5.08. The van der Waals surface area contributed by atoms with Gasteiger partial charge in [-0.2, -0.15) is 0 Å². The quantitative estimate of drug-likeness (QED) is 0.856. The summed E-state index contributed by atoms with van der Waals surface area (Å²) in [6.07, 6.45) is 2.53. The molecule has 0 aliphatic carbocycles. The Hall–Kier alpha value is -1.13. The number of halogens is 1. The highest BCUT2D eigenvalue weighted by molar-refractivity contribution is 5.42. The lowest BCUT2D eigenvalue weighted by atomic mass is 9.99. The molecule has 4 heteroatoms. The smallest absolute Gasteiger partial charge is 0.123 e. The summed E-state index contributed by atoms with van der Waals surface area (Å²) in [6, 6.07) is 6.52. The molecule has 0 bridgehead atoms. The van der Waals surface area contributed by atoms with Crippen LogP contribution in [0.4, 0.5) is 10.1 Å². The second-order valence-corrected chi connectivity index (χ2v) is 5.20. The first-order valence-corrected chi connectivity index (χ1v) is 6.98. The van der Waals surface area contributed by atoms with E-state index < -0.39 is 0 Å². The number of hydrogen-bond donors (Lipinski definition) is 1. The maximum absolute atomic E-state index is 12.8. The highest BCUT2D eigenvalue weighted by Gasteiger charge is 2.18. The van der Waals surface area contributed by atoms with Gasteiger partial charge in [0.25, 0.3) is 0 Å². The van der Waals surface area contributed by atoms with E-state index in [1.54, 1.807) is 19.2 Å². The molecule has 2 rings (SSSR count). The van der Waals surface area contributed by atoms with Crippen molar-refractivity contribution in [2.75, 3.05) is 45.2 Å². The minimum Gasteiger partial charge on any atom is -0.384 e. The van der Waals surface area contributed by atoms with E-state index in [0.717, 1.165) is 31.9 Å². The molecule has 1 heterocycles. The molecular formula is C15H23FN2O. The van der Waals surface area contributed by atoms with E-state index in [2.05, 4.69) is 10.2 Å². The van der Waals surface area contributed by atoms with E-state index in [1.807, 2.05) is 0 Å². The molecule has 0 aromatic heterocycles. The van der Waals surface area contributed by atoms with Crippen LogP contribution in [0.15, 0.2) is 24.3 Å². The molecule has 1 atom stereocenters. The molecule has 1 aromatic carbocycles. The van der Waals surface area contributed by atoms with E-state index in [-0.39, 0.29) is 5.82 Å². The molecular weight excluding hydrogens is 243 g/mol. The van der Waals surface area contributed by atoms with Crippen LogP contribution in [0.2, 0.25) is 0 Å². The standard InChI is InChI=1S/C15H23FN2O/c1-19-12-13-3-2-9-18(11-13)10-8-17-15-6-4-14(16)5-7-15/h4-7,13,17H,2-3,8-12H2,1H3. The summed E-state index contributed by atoms with van der Waals surface area (Å²) in [7, 11) is 1.77. The Bertz CT molecular complexity index is 367. The highest BCUT2D eigenvalue weighted by atomic mass is 19.1. The van der Waals surface area contributed by atoms with Crippen molar-refractivity contribution in [2.45, 2.75) is 12.8 Å². The van der Waals surface area contributed by atoms with Crippen LogP contribution in [0.1, 0.15) is 12.8 Å². The van der Waals surface area contributed by atoms with Crippen LogP contribution < -0.4 is 5.32 Å². The minimum absolute atomic E-state index is 0.191. The monoisotopic (exact) mass is 266 g/mol. The zero-order chi connectivity index (χ0) is 13.5. The Morgan fingerprint density at radius 2 is 2.16 bits per heavy atom. The number of benzene rings is 1. The molecule has 1 N–H and O–H groups in total. The van der Waals surface area contributed by atoms with Gasteiger partial charge < -0.3 is 15.0 Å². The largest absolute Gasteiger partial charge is 0.384 e. The number of hydrogen-bond acceptors (Lipinski definition) is 3. The number of piperidine rings is 1. The second kappa shape index (κ2) is 7.46. The topological polar surface area (TPSA) is 24.5 Å². The molecule has 0 saturated carbocycles. The van der Waals surface area contributed by atoms with Crippen LogP contribution in [-0.4, -0.2) is 44.8 Å². The van der Waals surface area contributed by atoms with Crippen LogP contribution in [0.3, 0.4) is 0 Å². The maximum atomic E-state index is 12.8. The molecule has 1 aliphatic rings. The first-order chi connectivity index (χ1) is 9.28. The van der Waals surface area contributed by atoms with Gasteiger partial charge in [0.15, 0.2) is 0 Å². The van der Waals surface area contributed by atoms with Gasteiger partial charge in [-0.05, 0) is 49.6 Å². The van der Waals surface area contributed by atoms with Crippen LogP contribution in [0.25, 0.3) is 0 Å². The van der Waals surface area contributed by atoms with Crippen molar-refractivity contribution in [3.63, 3.8) is 0 Å². The van der Waals surface area contributed by atoms with E-state index in [9.17, 15) is 4.39 Å². The van der Waals surface area contributed by atoms with Gasteiger partial charge in [0.2, 0.25) is 0 Å². The summed E-state index contributed by atoms with van der Waals surface area (Å²) in [5, 5.41) is 3.33. The van der Waals surface area contributed by atoms with Crippen LogP contribution in [0, 0.1) is 11.7 Å². The number of anilines is 1. The molecule has 1 aromatic rings. The van der Waals surface area contributed by atoms with E-state index in [4.69, 9.17) is 4.74 Å². The van der Waals surface area contributed by atoms with Crippen molar-refractivity contribution < 1.29 is 9.13 Å². The van der Waals surface area contributed by atoms with E-state index in [1.165, 1.54) is 31.5 Å². The summed E-state index contributed by atoms with van der Waals surface area (Å²) in [5.41, 5.74) is 0.979. The first-order valence-electron chi connectivity index (χ1n) is 6.98. The van der Waals surface area contributed by atoms with Crippen molar-refractivity contribution in [3.05, 3.63) is 30.1 Å². The average molecular weight is 266 g/mol. The Kier molecular flexibility index (Phi) is 5.61. The van der Waals surface area contributed by atoms with Gasteiger partial charge in [-0.1, -0.05) is 0 Å². The molecule has 0 radical (unpaired) electrons. The first kappa shape index (κ1) is 14.3. The third-order valence-corrected chi connectivity index (χ3v) is 3.61. The third kappa shape index (κ3) is 4.80. The molecule has 3 nitrogen and oxygen atoms in total. The van der Waals surface area contributed by atoms with Gasteiger partial charge in [0, 0.05) is 32.4 Å². The summed E-state index contributed by atoms with van der Waals surface area (Å²) in [5.74, 6) is 0.480. The van der Waals surface area contributed by atoms with Crippen LogP contribution in [0.5, 0.6) is 0 Å². The minimum atomic E-state index is -0.191. The average Bonchev–Trinajstić information content (AvgIpc) is 2.42. The van der Waals surface area contributed by atoms with Crippen molar-refractivity contribution in [2.24, 2.45) is 5.92 Å². The number of ether oxygens (including phenoxy) is 1. The van der Waals surface area contributed by atoms with Crippen molar-refractivity contribution in [1.29, 1.82) is 0 Å². The Morgan fingerprint density at radius 1 is 1.37 bits per heavy atom. The lowest BCUT2D eigenvalue weighted by molar-refractivity contribution is 0.0926. The molecule has 1 aliphatic heterocycles. The summed E-state index contributed by atoms with van der Waals surface area (Å²) in [4.78, 5) is 2.48. The fourth-order valence-electron chi connectivity index (χ4n) is 2.65. The van der Waals surface area contributed by atoms with Crippen molar-refractivity contribution >= 4 is 5.69 Å². The number of rotatable bonds is 6. The van der Waals surface area contributed by atoms with Crippen LogP contribution in [-0.2, 0) is 4.74 Å². The van der Waals surface area contributed by atoms with Crippen molar-refractivity contribution in [3.8, 4) is 0 Å². The number of methoxy groups -OCH3 is 1. The lowest BCUT2D eigenvalue weighted by Gasteiger charge is -2.32. The normalized spacial score (nSPS) is 20.4. The number of nitrogens with zero attached hydrogens (tertiary/aromatic N) is 1. The maximum Gasteiger partial charge on any atom is 0.123 e. The second-order valence-electron chi connectivity index (χ2n) is 5.20.